The van der Waals surface area contributed by atoms with Crippen LogP contribution in [0.1, 0.15) is 36.0 Å². The molecule has 1 fully saturated rings. The average molecular weight is 284 g/mol. The van der Waals surface area contributed by atoms with Gasteiger partial charge < -0.3 is 15.5 Å². The monoisotopic (exact) mass is 283 g/mol. The molecular formula is C13H14ClNO4. The Morgan fingerprint density at radius 1 is 1.37 bits per heavy atom. The van der Waals surface area contributed by atoms with Crippen LogP contribution in [0.5, 0.6) is 5.75 Å². The number of phenols is 1. The Morgan fingerprint density at radius 3 is 2.58 bits per heavy atom. The Labute approximate surface area is 115 Å². The number of halogens is 1. The molecule has 6 heteroatoms. The molecule has 0 atom stereocenters. The lowest BCUT2D eigenvalue weighted by Gasteiger charge is -2.41. The fourth-order valence-electron chi connectivity index (χ4n) is 2.23. The summed E-state index contributed by atoms with van der Waals surface area (Å²) in [5.41, 5.74) is -0.532. The van der Waals surface area contributed by atoms with Crippen molar-refractivity contribution < 1.29 is 19.8 Å². The molecule has 1 aliphatic carbocycles. The number of carbonyl (C=O) groups excluding carboxylic acids is 1. The van der Waals surface area contributed by atoms with Crippen LogP contribution in [0.2, 0.25) is 5.02 Å². The zero-order valence-electron chi connectivity index (χ0n) is 10.1. The molecule has 1 aromatic carbocycles. The highest BCUT2D eigenvalue weighted by Gasteiger charge is 2.40. The molecule has 0 unspecified atom stereocenters. The van der Waals surface area contributed by atoms with Crippen molar-refractivity contribution in [1.82, 2.24) is 5.32 Å². The SMILES string of the molecule is O=C(O)CC1(NC(=O)c2cc(O)ccc2Cl)CCC1. The summed E-state index contributed by atoms with van der Waals surface area (Å²) in [6.07, 6.45) is 2.07. The van der Waals surface area contributed by atoms with Crippen LogP contribution in [0.25, 0.3) is 0 Å². The predicted molar refractivity (Wildman–Crippen MR) is 69.4 cm³/mol. The van der Waals surface area contributed by atoms with E-state index in [1.54, 1.807) is 0 Å². The largest absolute Gasteiger partial charge is 0.508 e. The number of aromatic hydroxyl groups is 1. The van der Waals surface area contributed by atoms with Gasteiger partial charge in [-0.2, -0.15) is 0 Å². The van der Waals surface area contributed by atoms with Crippen molar-refractivity contribution in [2.24, 2.45) is 0 Å². The Morgan fingerprint density at radius 2 is 2.05 bits per heavy atom. The number of hydrogen-bond donors (Lipinski definition) is 3. The third kappa shape index (κ3) is 2.98. The third-order valence-electron chi connectivity index (χ3n) is 3.37. The molecule has 0 aliphatic heterocycles. The number of carboxylic acid groups (broad SMARTS) is 1. The highest BCUT2D eigenvalue weighted by Crippen LogP contribution is 2.35. The second-order valence-electron chi connectivity index (χ2n) is 4.82. The molecule has 0 radical (unpaired) electrons. The quantitative estimate of drug-likeness (QED) is 0.790. The maximum absolute atomic E-state index is 12.1. The van der Waals surface area contributed by atoms with E-state index in [-0.39, 0.29) is 22.8 Å². The second-order valence-corrected chi connectivity index (χ2v) is 5.23. The molecule has 1 amide bonds. The molecule has 3 N–H and O–H groups in total. The van der Waals surface area contributed by atoms with Crippen molar-refractivity contribution in [1.29, 1.82) is 0 Å². The molecular weight excluding hydrogens is 270 g/mol. The lowest BCUT2D eigenvalue weighted by molar-refractivity contribution is -0.139. The molecule has 1 saturated carbocycles. The van der Waals surface area contributed by atoms with E-state index in [1.807, 2.05) is 0 Å². The van der Waals surface area contributed by atoms with E-state index < -0.39 is 17.4 Å². The van der Waals surface area contributed by atoms with Gasteiger partial charge in [-0.15, -0.1) is 0 Å². The van der Waals surface area contributed by atoms with Crippen molar-refractivity contribution in [3.05, 3.63) is 28.8 Å². The van der Waals surface area contributed by atoms with Crippen molar-refractivity contribution in [2.45, 2.75) is 31.2 Å². The molecule has 5 nitrogen and oxygen atoms in total. The smallest absolute Gasteiger partial charge is 0.305 e. The fraction of sp³-hybridized carbons (Fsp3) is 0.385. The van der Waals surface area contributed by atoms with Crippen LogP contribution >= 0.6 is 11.6 Å². The number of nitrogens with one attached hydrogen (secondary N) is 1. The van der Waals surface area contributed by atoms with Gasteiger partial charge in [-0.3, -0.25) is 9.59 Å². The Hall–Kier alpha value is -1.75. The second kappa shape index (κ2) is 5.09. The molecule has 19 heavy (non-hydrogen) atoms. The molecule has 0 aromatic heterocycles. The maximum atomic E-state index is 12.1. The minimum atomic E-state index is -0.943. The summed E-state index contributed by atoms with van der Waals surface area (Å²) < 4.78 is 0. The van der Waals surface area contributed by atoms with Gasteiger partial charge in [0.2, 0.25) is 0 Å². The first-order valence-electron chi connectivity index (χ1n) is 5.95. The Bertz CT molecular complexity index is 525. The number of phenolic OH excluding ortho intramolecular Hbond substituents is 1. The summed E-state index contributed by atoms with van der Waals surface area (Å²) in [6.45, 7) is 0. The van der Waals surface area contributed by atoms with Crippen LogP contribution in [0.4, 0.5) is 0 Å². The first-order valence-corrected chi connectivity index (χ1v) is 6.32. The van der Waals surface area contributed by atoms with E-state index in [0.29, 0.717) is 12.8 Å². The van der Waals surface area contributed by atoms with Gasteiger partial charge >= 0.3 is 5.97 Å². The van der Waals surface area contributed by atoms with Crippen molar-refractivity contribution in [3.8, 4) is 5.75 Å². The molecule has 0 heterocycles. The van der Waals surface area contributed by atoms with Crippen molar-refractivity contribution in [3.63, 3.8) is 0 Å². The summed E-state index contributed by atoms with van der Waals surface area (Å²) >= 11 is 5.90. The van der Waals surface area contributed by atoms with Gasteiger partial charge in [0.1, 0.15) is 5.75 Å². The molecule has 1 aliphatic rings. The maximum Gasteiger partial charge on any atom is 0.305 e. The van der Waals surface area contributed by atoms with Crippen molar-refractivity contribution >= 4 is 23.5 Å². The van der Waals surface area contributed by atoms with Crippen LogP contribution in [0.3, 0.4) is 0 Å². The zero-order chi connectivity index (χ0) is 14.0. The molecule has 0 bridgehead atoms. The average Bonchev–Trinajstić information content (AvgIpc) is 2.28. The van der Waals surface area contributed by atoms with Gasteiger partial charge in [0, 0.05) is 0 Å². The number of benzene rings is 1. The van der Waals surface area contributed by atoms with E-state index in [4.69, 9.17) is 16.7 Å². The van der Waals surface area contributed by atoms with E-state index in [2.05, 4.69) is 5.32 Å². The van der Waals surface area contributed by atoms with Gasteiger partial charge in [-0.1, -0.05) is 11.6 Å². The lowest BCUT2D eigenvalue weighted by atomic mass is 9.74. The highest BCUT2D eigenvalue weighted by molar-refractivity contribution is 6.33. The lowest BCUT2D eigenvalue weighted by Crippen LogP contribution is -2.54. The first-order chi connectivity index (χ1) is 8.92. The number of hydrogen-bond acceptors (Lipinski definition) is 3. The van der Waals surface area contributed by atoms with Gasteiger partial charge in [-0.25, -0.2) is 0 Å². The van der Waals surface area contributed by atoms with Gasteiger partial charge in [0.05, 0.1) is 22.5 Å². The fourth-order valence-corrected chi connectivity index (χ4v) is 2.44. The molecule has 2 rings (SSSR count). The minimum Gasteiger partial charge on any atom is -0.508 e. The van der Waals surface area contributed by atoms with E-state index in [1.165, 1.54) is 18.2 Å². The predicted octanol–water partition coefficient (Wildman–Crippen LogP) is 2.17. The van der Waals surface area contributed by atoms with Crippen molar-refractivity contribution in [2.75, 3.05) is 0 Å². The van der Waals surface area contributed by atoms with E-state index in [9.17, 15) is 14.7 Å². The summed E-state index contributed by atoms with van der Waals surface area (Å²) in [5, 5.41) is 21.2. The topological polar surface area (TPSA) is 86.6 Å². The van der Waals surface area contributed by atoms with E-state index in [0.717, 1.165) is 6.42 Å². The molecule has 1 aromatic rings. The van der Waals surface area contributed by atoms with Gasteiger partial charge in [0.25, 0.3) is 5.91 Å². The Balaban J connectivity index is 2.16. The highest BCUT2D eigenvalue weighted by atomic mass is 35.5. The molecule has 0 saturated heterocycles. The summed E-state index contributed by atoms with van der Waals surface area (Å²) in [7, 11) is 0. The standard InChI is InChI=1S/C13H14ClNO4/c14-10-3-2-8(16)6-9(10)12(19)15-13(4-1-5-13)7-11(17)18/h2-3,6,16H,1,4-5,7H2,(H,15,19)(H,17,18). The first kappa shape index (κ1) is 13.7. The van der Waals surface area contributed by atoms with Crippen LogP contribution in [-0.2, 0) is 4.79 Å². The third-order valence-corrected chi connectivity index (χ3v) is 3.70. The van der Waals surface area contributed by atoms with Crippen LogP contribution in [0, 0.1) is 0 Å². The summed E-state index contributed by atoms with van der Waals surface area (Å²) in [4.78, 5) is 22.9. The van der Waals surface area contributed by atoms with Crippen LogP contribution < -0.4 is 5.32 Å². The number of rotatable bonds is 4. The van der Waals surface area contributed by atoms with Crippen LogP contribution in [0.15, 0.2) is 18.2 Å². The number of carboxylic acids is 1. The molecule has 0 spiro atoms. The van der Waals surface area contributed by atoms with E-state index >= 15 is 0 Å². The molecule has 102 valence electrons. The normalized spacial score (nSPS) is 16.5. The van der Waals surface area contributed by atoms with Crippen LogP contribution in [-0.4, -0.2) is 27.6 Å². The summed E-state index contributed by atoms with van der Waals surface area (Å²) in [6, 6.07) is 4.08. The van der Waals surface area contributed by atoms with Gasteiger partial charge in [0.15, 0.2) is 0 Å². The zero-order valence-corrected chi connectivity index (χ0v) is 10.9. The number of carbonyl (C=O) groups is 2. The Kier molecular flexibility index (Phi) is 3.66. The van der Waals surface area contributed by atoms with Gasteiger partial charge in [-0.05, 0) is 37.5 Å². The number of aliphatic carboxylic acids is 1. The minimum absolute atomic E-state index is 0.0598. The summed E-state index contributed by atoms with van der Waals surface area (Å²) in [5.74, 6) is -1.46. The number of amides is 1.